The number of nitrogens with zero attached hydrogens (tertiary/aromatic N) is 2. The normalized spacial score (nSPS) is 14.6. The van der Waals surface area contributed by atoms with Crippen molar-refractivity contribution in [3.05, 3.63) is 59.2 Å². The molecule has 34 heavy (non-hydrogen) atoms. The van der Waals surface area contributed by atoms with E-state index >= 15 is 0 Å². The monoisotopic (exact) mass is 487 g/mol. The van der Waals surface area contributed by atoms with Crippen molar-refractivity contribution in [3.63, 3.8) is 0 Å². The van der Waals surface area contributed by atoms with Gasteiger partial charge in [-0.25, -0.2) is 13.1 Å². The molecule has 1 N–H and O–H groups in total. The van der Waals surface area contributed by atoms with Crippen LogP contribution in [-0.4, -0.2) is 69.9 Å². The summed E-state index contributed by atoms with van der Waals surface area (Å²) >= 11 is 0. The predicted molar refractivity (Wildman–Crippen MR) is 130 cm³/mol. The Morgan fingerprint density at radius 1 is 1.00 bits per heavy atom. The average molecular weight is 488 g/mol. The van der Waals surface area contributed by atoms with E-state index in [4.69, 9.17) is 4.74 Å². The molecule has 0 radical (unpaired) electrons. The number of benzene rings is 2. The van der Waals surface area contributed by atoms with E-state index in [1.165, 1.54) is 12.1 Å². The molecule has 2 amide bonds. The number of amides is 2. The molecule has 8 nitrogen and oxygen atoms in total. The van der Waals surface area contributed by atoms with Crippen molar-refractivity contribution in [2.75, 3.05) is 39.8 Å². The molecule has 1 heterocycles. The van der Waals surface area contributed by atoms with E-state index in [2.05, 4.69) is 4.72 Å². The summed E-state index contributed by atoms with van der Waals surface area (Å²) < 4.78 is 32.4. The zero-order valence-corrected chi connectivity index (χ0v) is 20.9. The molecule has 0 spiro atoms. The number of nitrogens with one attached hydrogen (secondary N) is 1. The van der Waals surface area contributed by atoms with Gasteiger partial charge in [0.2, 0.25) is 15.9 Å². The predicted octanol–water partition coefficient (Wildman–Crippen LogP) is 2.61. The molecule has 0 saturated carbocycles. The Morgan fingerprint density at radius 3 is 2.35 bits per heavy atom. The van der Waals surface area contributed by atoms with Gasteiger partial charge in [-0.3, -0.25) is 9.59 Å². The van der Waals surface area contributed by atoms with Crippen molar-refractivity contribution in [2.24, 2.45) is 0 Å². The SMILES string of the molecule is CCNS(=O)(=O)c1ccc(C)c(C(=O)N2CCCN(C(=O)CCc3ccc(OC)cc3)CC2)c1. The molecule has 184 valence electrons. The highest BCUT2D eigenvalue weighted by Gasteiger charge is 2.25. The molecule has 0 bridgehead atoms. The minimum atomic E-state index is -3.65. The van der Waals surface area contributed by atoms with Crippen molar-refractivity contribution in [1.29, 1.82) is 0 Å². The molecule has 1 fully saturated rings. The molecule has 2 aromatic carbocycles. The first-order valence-electron chi connectivity index (χ1n) is 11.6. The Kier molecular flexibility index (Phi) is 8.68. The number of ether oxygens (including phenoxy) is 1. The summed E-state index contributed by atoms with van der Waals surface area (Å²) in [5.74, 6) is 0.644. The summed E-state index contributed by atoms with van der Waals surface area (Å²) in [6.45, 7) is 5.76. The van der Waals surface area contributed by atoms with E-state index < -0.39 is 10.0 Å². The Morgan fingerprint density at radius 2 is 1.68 bits per heavy atom. The lowest BCUT2D eigenvalue weighted by molar-refractivity contribution is -0.131. The quantitative estimate of drug-likeness (QED) is 0.618. The Hall–Kier alpha value is -2.91. The largest absolute Gasteiger partial charge is 0.497 e. The van der Waals surface area contributed by atoms with Gasteiger partial charge in [0, 0.05) is 44.7 Å². The third-order valence-electron chi connectivity index (χ3n) is 6.01. The molecule has 0 aliphatic carbocycles. The zero-order valence-electron chi connectivity index (χ0n) is 20.0. The van der Waals surface area contributed by atoms with Gasteiger partial charge >= 0.3 is 0 Å². The standard InChI is InChI=1S/C25H33N3O5S/c1-4-26-34(31,32)22-12-6-19(2)23(18-22)25(30)28-15-5-14-27(16-17-28)24(29)13-9-20-7-10-21(33-3)11-8-20/h6-8,10-12,18,26H,4-5,9,13-17H2,1-3H3. The van der Waals surface area contributed by atoms with E-state index in [1.807, 2.05) is 29.2 Å². The van der Waals surface area contributed by atoms with Crippen molar-refractivity contribution >= 4 is 21.8 Å². The van der Waals surface area contributed by atoms with Crippen molar-refractivity contribution in [1.82, 2.24) is 14.5 Å². The van der Waals surface area contributed by atoms with E-state index in [0.29, 0.717) is 51.0 Å². The van der Waals surface area contributed by atoms with Gasteiger partial charge in [-0.05, 0) is 55.2 Å². The number of aryl methyl sites for hydroxylation is 2. The second-order valence-corrected chi connectivity index (χ2v) is 10.1. The molecule has 0 atom stereocenters. The van der Waals surface area contributed by atoms with Crippen molar-refractivity contribution in [3.8, 4) is 5.75 Å². The molecule has 1 saturated heterocycles. The second kappa shape index (κ2) is 11.5. The fourth-order valence-corrected chi connectivity index (χ4v) is 5.08. The highest BCUT2D eigenvalue weighted by Crippen LogP contribution is 2.19. The van der Waals surface area contributed by atoms with Crippen LogP contribution in [0.2, 0.25) is 0 Å². The van der Waals surface area contributed by atoms with Crippen LogP contribution in [0.5, 0.6) is 5.75 Å². The lowest BCUT2D eigenvalue weighted by atomic mass is 10.1. The maximum absolute atomic E-state index is 13.2. The lowest BCUT2D eigenvalue weighted by Crippen LogP contribution is -2.37. The van der Waals surface area contributed by atoms with Gasteiger partial charge in [-0.1, -0.05) is 25.1 Å². The van der Waals surface area contributed by atoms with Gasteiger partial charge in [-0.15, -0.1) is 0 Å². The molecular weight excluding hydrogens is 454 g/mol. The summed E-state index contributed by atoms with van der Waals surface area (Å²) in [6, 6.07) is 12.3. The number of methoxy groups -OCH3 is 1. The maximum Gasteiger partial charge on any atom is 0.254 e. The fourth-order valence-electron chi connectivity index (χ4n) is 4.01. The third-order valence-corrected chi connectivity index (χ3v) is 7.55. The van der Waals surface area contributed by atoms with E-state index in [9.17, 15) is 18.0 Å². The van der Waals surface area contributed by atoms with Gasteiger partial charge in [-0.2, -0.15) is 0 Å². The highest BCUT2D eigenvalue weighted by atomic mass is 32.2. The highest BCUT2D eigenvalue weighted by molar-refractivity contribution is 7.89. The number of carbonyl (C=O) groups excluding carboxylic acids is 2. The topological polar surface area (TPSA) is 96.0 Å². The number of carbonyl (C=O) groups is 2. The molecule has 0 unspecified atom stereocenters. The Bertz CT molecular complexity index is 1120. The van der Waals surface area contributed by atoms with Crippen LogP contribution in [0, 0.1) is 6.92 Å². The first-order valence-corrected chi connectivity index (χ1v) is 13.0. The Balaban J connectivity index is 1.62. The van der Waals surface area contributed by atoms with Crippen molar-refractivity contribution in [2.45, 2.75) is 38.0 Å². The van der Waals surface area contributed by atoms with Crippen LogP contribution in [0.1, 0.15) is 41.3 Å². The number of hydrogen-bond donors (Lipinski definition) is 1. The van der Waals surface area contributed by atoms with Gasteiger partial charge in [0.05, 0.1) is 12.0 Å². The third kappa shape index (κ3) is 6.36. The molecule has 0 aromatic heterocycles. The lowest BCUT2D eigenvalue weighted by Gasteiger charge is -2.23. The van der Waals surface area contributed by atoms with Gasteiger partial charge in [0.15, 0.2) is 0 Å². The molecule has 1 aliphatic heterocycles. The second-order valence-electron chi connectivity index (χ2n) is 8.35. The zero-order chi connectivity index (χ0) is 24.7. The fraction of sp³-hybridized carbons (Fsp3) is 0.440. The Labute approximate surface area is 201 Å². The van der Waals surface area contributed by atoms with E-state index in [0.717, 1.165) is 16.9 Å². The maximum atomic E-state index is 13.2. The first-order chi connectivity index (χ1) is 16.2. The first kappa shape index (κ1) is 25.7. The summed E-state index contributed by atoms with van der Waals surface area (Å²) in [5, 5.41) is 0. The average Bonchev–Trinajstić information content (AvgIpc) is 3.09. The van der Waals surface area contributed by atoms with Crippen molar-refractivity contribution < 1.29 is 22.7 Å². The van der Waals surface area contributed by atoms with Gasteiger partial charge in [0.25, 0.3) is 5.91 Å². The van der Waals surface area contributed by atoms with Crippen LogP contribution < -0.4 is 9.46 Å². The van der Waals surface area contributed by atoms with E-state index in [-0.39, 0.29) is 23.3 Å². The van der Waals surface area contributed by atoms with Gasteiger partial charge in [0.1, 0.15) is 5.75 Å². The molecular formula is C25H33N3O5S. The van der Waals surface area contributed by atoms with Crippen LogP contribution in [0.25, 0.3) is 0 Å². The minimum absolute atomic E-state index is 0.0695. The molecule has 2 aromatic rings. The van der Waals surface area contributed by atoms with E-state index in [1.54, 1.807) is 31.9 Å². The van der Waals surface area contributed by atoms with Gasteiger partial charge < -0.3 is 14.5 Å². The number of rotatable bonds is 8. The van der Waals surface area contributed by atoms with Crippen LogP contribution >= 0.6 is 0 Å². The molecule has 3 rings (SSSR count). The number of sulfonamides is 1. The van der Waals surface area contributed by atoms with Crippen LogP contribution in [0.4, 0.5) is 0 Å². The van der Waals surface area contributed by atoms with Crippen LogP contribution in [-0.2, 0) is 21.2 Å². The minimum Gasteiger partial charge on any atom is -0.497 e. The van der Waals surface area contributed by atoms with Crippen LogP contribution in [0.15, 0.2) is 47.4 Å². The number of hydrogen-bond acceptors (Lipinski definition) is 5. The summed E-state index contributed by atoms with van der Waals surface area (Å²) in [5.41, 5.74) is 2.17. The smallest absolute Gasteiger partial charge is 0.254 e. The molecule has 9 heteroatoms. The molecule has 1 aliphatic rings. The summed E-state index contributed by atoms with van der Waals surface area (Å²) in [7, 11) is -2.03. The summed E-state index contributed by atoms with van der Waals surface area (Å²) in [4.78, 5) is 29.6. The summed E-state index contributed by atoms with van der Waals surface area (Å²) in [6.07, 6.45) is 1.73. The van der Waals surface area contributed by atoms with Crippen LogP contribution in [0.3, 0.4) is 0 Å².